The molecule has 2 aliphatic rings. The van der Waals surface area contributed by atoms with Crippen molar-refractivity contribution in [2.24, 2.45) is 5.73 Å². The molecule has 3 atom stereocenters. The highest BCUT2D eigenvalue weighted by atomic mass is 16.5. The molecule has 3 heterocycles. The van der Waals surface area contributed by atoms with Gasteiger partial charge >= 0.3 is 0 Å². The van der Waals surface area contributed by atoms with Crippen molar-refractivity contribution in [3.63, 3.8) is 0 Å². The predicted molar refractivity (Wildman–Crippen MR) is 71.9 cm³/mol. The largest absolute Gasteiger partial charge is 0.364 e. The van der Waals surface area contributed by atoms with Crippen molar-refractivity contribution in [2.75, 3.05) is 13.1 Å². The SMILES string of the molecule is Cc1cc(C2CCCN2C(=O)[C@@H]2CC[C@H](CN)O2)on1. The summed E-state index contributed by atoms with van der Waals surface area (Å²) in [5.74, 6) is 0.847. The molecule has 2 aliphatic heterocycles. The van der Waals surface area contributed by atoms with Crippen LogP contribution in [0.5, 0.6) is 0 Å². The molecular formula is C14H21N3O3. The Morgan fingerprint density at radius 1 is 1.50 bits per heavy atom. The number of rotatable bonds is 3. The first-order chi connectivity index (χ1) is 9.69. The second-order valence-corrected chi connectivity index (χ2v) is 5.62. The number of aryl methyl sites for hydroxylation is 1. The van der Waals surface area contributed by atoms with E-state index in [1.165, 1.54) is 0 Å². The summed E-state index contributed by atoms with van der Waals surface area (Å²) in [4.78, 5) is 14.5. The van der Waals surface area contributed by atoms with Crippen LogP contribution in [0.25, 0.3) is 0 Å². The molecule has 20 heavy (non-hydrogen) atoms. The van der Waals surface area contributed by atoms with Crippen molar-refractivity contribution in [3.8, 4) is 0 Å². The molecule has 6 heteroatoms. The summed E-state index contributed by atoms with van der Waals surface area (Å²) in [5, 5.41) is 3.92. The summed E-state index contributed by atoms with van der Waals surface area (Å²) >= 11 is 0. The van der Waals surface area contributed by atoms with Gasteiger partial charge in [-0.25, -0.2) is 0 Å². The lowest BCUT2D eigenvalue weighted by Crippen LogP contribution is -2.39. The van der Waals surface area contributed by atoms with Crippen LogP contribution in [0.4, 0.5) is 0 Å². The Hall–Kier alpha value is -1.40. The summed E-state index contributed by atoms with van der Waals surface area (Å²) in [7, 11) is 0. The fourth-order valence-electron chi connectivity index (χ4n) is 3.11. The first-order valence-corrected chi connectivity index (χ1v) is 7.28. The summed E-state index contributed by atoms with van der Waals surface area (Å²) in [6, 6.07) is 1.92. The third-order valence-electron chi connectivity index (χ3n) is 4.16. The monoisotopic (exact) mass is 279 g/mol. The highest BCUT2D eigenvalue weighted by molar-refractivity contribution is 5.81. The van der Waals surface area contributed by atoms with Crippen LogP contribution in [0.15, 0.2) is 10.6 Å². The van der Waals surface area contributed by atoms with Crippen LogP contribution in [-0.2, 0) is 9.53 Å². The van der Waals surface area contributed by atoms with Gasteiger partial charge in [0.2, 0.25) is 0 Å². The van der Waals surface area contributed by atoms with E-state index < -0.39 is 0 Å². The standard InChI is InChI=1S/C14H21N3O3/c1-9-7-13(20-16-9)11-3-2-6-17(11)14(18)12-5-4-10(8-15)19-12/h7,10-12H,2-6,8,15H2,1H3/t10-,11?,12+/m1/s1. The average Bonchev–Trinajstić information content (AvgIpc) is 3.17. The molecule has 1 amide bonds. The summed E-state index contributed by atoms with van der Waals surface area (Å²) in [6.45, 7) is 3.13. The number of nitrogens with two attached hydrogens (primary N) is 1. The molecule has 1 aromatic heterocycles. The molecule has 6 nitrogen and oxygen atoms in total. The Bertz CT molecular complexity index is 488. The maximum Gasteiger partial charge on any atom is 0.252 e. The van der Waals surface area contributed by atoms with Crippen LogP contribution in [0.2, 0.25) is 0 Å². The molecule has 0 aromatic carbocycles. The maximum absolute atomic E-state index is 12.6. The first kappa shape index (κ1) is 13.6. The van der Waals surface area contributed by atoms with Gasteiger partial charge < -0.3 is 19.9 Å². The van der Waals surface area contributed by atoms with Gasteiger partial charge in [0.15, 0.2) is 5.76 Å². The predicted octanol–water partition coefficient (Wildman–Crippen LogP) is 1.15. The average molecular weight is 279 g/mol. The van der Waals surface area contributed by atoms with E-state index in [2.05, 4.69) is 5.16 Å². The van der Waals surface area contributed by atoms with Crippen LogP contribution in [0, 0.1) is 6.92 Å². The van der Waals surface area contributed by atoms with E-state index in [0.717, 1.165) is 43.7 Å². The van der Waals surface area contributed by atoms with E-state index in [1.807, 2.05) is 17.9 Å². The topological polar surface area (TPSA) is 81.6 Å². The van der Waals surface area contributed by atoms with Crippen LogP contribution >= 0.6 is 0 Å². The molecule has 0 saturated carbocycles. The van der Waals surface area contributed by atoms with Crippen LogP contribution in [0.3, 0.4) is 0 Å². The van der Waals surface area contributed by atoms with Crippen LogP contribution in [-0.4, -0.2) is 41.3 Å². The van der Waals surface area contributed by atoms with Gasteiger partial charge in [0.05, 0.1) is 17.8 Å². The second-order valence-electron chi connectivity index (χ2n) is 5.62. The molecule has 1 aromatic rings. The maximum atomic E-state index is 12.6. The molecule has 2 fully saturated rings. The molecule has 1 unspecified atom stereocenters. The lowest BCUT2D eigenvalue weighted by molar-refractivity contribution is -0.144. The lowest BCUT2D eigenvalue weighted by atomic mass is 10.1. The Kier molecular flexibility index (Phi) is 3.76. The van der Waals surface area contributed by atoms with Gasteiger partial charge in [-0.05, 0) is 32.6 Å². The fourth-order valence-corrected chi connectivity index (χ4v) is 3.11. The number of ether oxygens (including phenoxy) is 1. The second kappa shape index (κ2) is 5.54. The molecule has 110 valence electrons. The van der Waals surface area contributed by atoms with Crippen LogP contribution in [0.1, 0.15) is 43.2 Å². The Morgan fingerprint density at radius 2 is 2.35 bits per heavy atom. The van der Waals surface area contributed by atoms with Gasteiger partial charge in [-0.1, -0.05) is 5.16 Å². The highest BCUT2D eigenvalue weighted by Crippen LogP contribution is 2.34. The number of amides is 1. The third-order valence-corrected chi connectivity index (χ3v) is 4.16. The van der Waals surface area contributed by atoms with Gasteiger partial charge in [-0.2, -0.15) is 0 Å². The number of nitrogens with zero attached hydrogens (tertiary/aromatic N) is 2. The van der Waals surface area contributed by atoms with Gasteiger partial charge in [0.1, 0.15) is 6.10 Å². The van der Waals surface area contributed by atoms with E-state index in [1.54, 1.807) is 0 Å². The minimum atomic E-state index is -0.340. The van der Waals surface area contributed by atoms with Crippen molar-refractivity contribution < 1.29 is 14.1 Å². The smallest absolute Gasteiger partial charge is 0.252 e. The Labute approximate surface area is 118 Å². The van der Waals surface area contributed by atoms with Crippen molar-refractivity contribution in [3.05, 3.63) is 17.5 Å². The number of hydrogen-bond donors (Lipinski definition) is 1. The van der Waals surface area contributed by atoms with E-state index in [-0.39, 0.29) is 24.2 Å². The number of hydrogen-bond acceptors (Lipinski definition) is 5. The number of carbonyl (C=O) groups excluding carboxylic acids is 1. The van der Waals surface area contributed by atoms with Crippen LogP contribution < -0.4 is 5.73 Å². The number of likely N-dealkylation sites (tertiary alicyclic amines) is 1. The molecule has 2 saturated heterocycles. The molecule has 0 aliphatic carbocycles. The quantitative estimate of drug-likeness (QED) is 0.897. The van der Waals surface area contributed by atoms with Gasteiger partial charge in [-0.15, -0.1) is 0 Å². The van der Waals surface area contributed by atoms with Crippen molar-refractivity contribution in [1.82, 2.24) is 10.1 Å². The Morgan fingerprint density at radius 3 is 3.00 bits per heavy atom. The van der Waals surface area contributed by atoms with Crippen molar-refractivity contribution in [1.29, 1.82) is 0 Å². The molecular weight excluding hydrogens is 258 g/mol. The highest BCUT2D eigenvalue weighted by Gasteiger charge is 2.39. The van der Waals surface area contributed by atoms with E-state index in [9.17, 15) is 4.79 Å². The zero-order valence-electron chi connectivity index (χ0n) is 11.7. The first-order valence-electron chi connectivity index (χ1n) is 7.28. The summed E-state index contributed by atoms with van der Waals surface area (Å²) in [6.07, 6.45) is 3.23. The molecule has 3 rings (SSSR count). The van der Waals surface area contributed by atoms with E-state index in [4.69, 9.17) is 15.0 Å². The van der Waals surface area contributed by atoms with E-state index >= 15 is 0 Å². The molecule has 2 N–H and O–H groups in total. The third kappa shape index (κ3) is 2.45. The normalized spacial score (nSPS) is 30.1. The fraction of sp³-hybridized carbons (Fsp3) is 0.714. The minimum absolute atomic E-state index is 0.00391. The molecule has 0 spiro atoms. The Balaban J connectivity index is 1.71. The minimum Gasteiger partial charge on any atom is -0.364 e. The van der Waals surface area contributed by atoms with Gasteiger partial charge in [-0.3, -0.25) is 4.79 Å². The summed E-state index contributed by atoms with van der Waals surface area (Å²) < 4.78 is 11.0. The lowest BCUT2D eigenvalue weighted by Gasteiger charge is -2.25. The van der Waals surface area contributed by atoms with Crippen molar-refractivity contribution >= 4 is 5.91 Å². The number of carbonyl (C=O) groups is 1. The summed E-state index contributed by atoms with van der Waals surface area (Å²) in [5.41, 5.74) is 6.44. The number of aromatic nitrogens is 1. The van der Waals surface area contributed by atoms with Gasteiger partial charge in [0, 0.05) is 19.2 Å². The zero-order chi connectivity index (χ0) is 14.1. The zero-order valence-corrected chi connectivity index (χ0v) is 11.7. The van der Waals surface area contributed by atoms with Crippen molar-refractivity contribution in [2.45, 2.75) is 50.9 Å². The van der Waals surface area contributed by atoms with E-state index in [0.29, 0.717) is 6.54 Å². The van der Waals surface area contributed by atoms with Gasteiger partial charge in [0.25, 0.3) is 5.91 Å². The molecule has 0 bridgehead atoms. The molecule has 0 radical (unpaired) electrons.